The van der Waals surface area contributed by atoms with Crippen molar-refractivity contribution in [3.8, 4) is 0 Å². The Labute approximate surface area is 162 Å². The first kappa shape index (κ1) is 20.8. The molecule has 0 aromatic heterocycles. The molecule has 24 heavy (non-hydrogen) atoms. The molecule has 0 aliphatic heterocycles. The van der Waals surface area contributed by atoms with E-state index in [1.54, 1.807) is 11.1 Å². The maximum absolute atomic E-state index is 2.74. The molecule has 0 spiro atoms. The molecule has 0 aromatic rings. The summed E-state index contributed by atoms with van der Waals surface area (Å²) in [5, 5.41) is 5.49. The first-order valence-corrected chi connectivity index (χ1v) is 18.3. The van der Waals surface area contributed by atoms with Gasteiger partial charge in [0.05, 0.1) is 0 Å². The van der Waals surface area contributed by atoms with Crippen molar-refractivity contribution in [1.29, 1.82) is 0 Å². The summed E-state index contributed by atoms with van der Waals surface area (Å²) in [6.07, 6.45) is 21.4. The van der Waals surface area contributed by atoms with Gasteiger partial charge in [-0.2, -0.15) is 0 Å². The van der Waals surface area contributed by atoms with Crippen molar-refractivity contribution in [2.24, 2.45) is 0 Å². The summed E-state index contributed by atoms with van der Waals surface area (Å²) in [6, 6.07) is 0. The van der Waals surface area contributed by atoms with Gasteiger partial charge in [0, 0.05) is 0 Å². The summed E-state index contributed by atoms with van der Waals surface area (Å²) in [4.78, 5) is 0. The van der Waals surface area contributed by atoms with Crippen LogP contribution in [0.15, 0.2) is 46.6 Å². The molecule has 0 fully saturated rings. The van der Waals surface area contributed by atoms with Gasteiger partial charge in [0.25, 0.3) is 0 Å². The van der Waals surface area contributed by atoms with Crippen LogP contribution in [0.25, 0.3) is 0 Å². The van der Waals surface area contributed by atoms with Gasteiger partial charge in [0.1, 0.15) is 0 Å². The van der Waals surface area contributed by atoms with Gasteiger partial charge in [-0.15, -0.1) is 24.8 Å². The van der Waals surface area contributed by atoms with E-state index in [-0.39, 0.29) is 24.8 Å². The van der Waals surface area contributed by atoms with Gasteiger partial charge >= 0.3 is 139 Å². The zero-order valence-corrected chi connectivity index (χ0v) is 19.8. The maximum atomic E-state index is 2.74. The van der Waals surface area contributed by atoms with Gasteiger partial charge < -0.3 is 0 Å². The van der Waals surface area contributed by atoms with Crippen molar-refractivity contribution < 1.29 is 14.0 Å². The molecule has 0 radical (unpaired) electrons. The van der Waals surface area contributed by atoms with Crippen LogP contribution in [0, 0.1) is 0 Å². The van der Waals surface area contributed by atoms with E-state index in [9.17, 15) is 0 Å². The predicted octanol–water partition coefficient (Wildman–Crippen LogP) is 6.62. The Morgan fingerprint density at radius 1 is 0.750 bits per heavy atom. The molecule has 4 heteroatoms. The number of hydrogen-bond donors (Lipinski definition) is 0. The fraction of sp³-hybridized carbons (Fsp3) is 0.600. The van der Waals surface area contributed by atoms with E-state index in [1.807, 2.05) is 11.1 Å². The molecule has 2 atom stereocenters. The number of hydrogen-bond acceptors (Lipinski definition) is 0. The molecular formula is C20H32Cl2SiTi. The second-order valence-electron chi connectivity index (χ2n) is 9.13. The predicted molar refractivity (Wildman–Crippen MR) is 112 cm³/mol. The van der Waals surface area contributed by atoms with E-state index in [4.69, 9.17) is 0 Å². The summed E-state index contributed by atoms with van der Waals surface area (Å²) in [7, 11) is 2.47. The van der Waals surface area contributed by atoms with Crippen molar-refractivity contribution in [3.63, 3.8) is 0 Å². The minimum absolute atomic E-state index is 0. The molecule has 0 saturated carbocycles. The summed E-state index contributed by atoms with van der Waals surface area (Å²) in [5.41, 5.74) is 7.17. The zero-order chi connectivity index (χ0) is 15.4. The van der Waals surface area contributed by atoms with Gasteiger partial charge in [-0.3, -0.25) is 0 Å². The average molecular weight is 419 g/mol. The normalized spacial score (nSPS) is 29.1. The van der Waals surface area contributed by atoms with E-state index < -0.39 is 14.0 Å². The van der Waals surface area contributed by atoms with Crippen LogP contribution in [0.2, 0.25) is 18.9 Å². The number of rotatable bonds is 2. The molecule has 0 saturated heterocycles. The molecule has 2 unspecified atom stereocenters. The van der Waals surface area contributed by atoms with Crippen LogP contribution in [0.3, 0.4) is 0 Å². The van der Waals surface area contributed by atoms with E-state index in [1.165, 1.54) is 51.4 Å². The van der Waals surface area contributed by atoms with Crippen molar-refractivity contribution in [1.82, 2.24) is 0 Å². The first-order chi connectivity index (χ1) is 10.5. The van der Waals surface area contributed by atoms with Crippen molar-refractivity contribution in [3.05, 3.63) is 46.6 Å². The molecule has 4 aliphatic rings. The molecule has 0 amide bonds. The Bertz CT molecular complexity index is 651. The Hall–Kier alpha value is 0.471. The Morgan fingerprint density at radius 2 is 1.12 bits per heavy atom. The van der Waals surface area contributed by atoms with Crippen molar-refractivity contribution in [2.45, 2.75) is 70.3 Å². The summed E-state index contributed by atoms with van der Waals surface area (Å²) in [5.74, 6) is 0. The SMILES string of the molecule is Cl.Cl.[CH3][Ti]([CH3])(=[SiH2])([CH]1C=CC2=C1CCCC2)[CH]1C=CC2=C1CCCC2. The van der Waals surface area contributed by atoms with Gasteiger partial charge in [-0.25, -0.2) is 0 Å². The molecule has 0 heterocycles. The van der Waals surface area contributed by atoms with E-state index in [0.29, 0.717) is 0 Å². The van der Waals surface area contributed by atoms with Crippen LogP contribution in [0.1, 0.15) is 51.4 Å². The molecule has 4 rings (SSSR count). The molecule has 0 N–H and O–H groups in total. The Kier molecular flexibility index (Phi) is 6.26. The topological polar surface area (TPSA) is 0 Å². The summed E-state index contributed by atoms with van der Waals surface area (Å²) in [6.45, 7) is 0. The number of halogens is 2. The van der Waals surface area contributed by atoms with Crippen LogP contribution in [-0.2, 0) is 14.0 Å². The second-order valence-corrected chi connectivity index (χ2v) is 29.4. The van der Waals surface area contributed by atoms with E-state index >= 15 is 0 Å². The van der Waals surface area contributed by atoms with Crippen molar-refractivity contribution >= 4 is 32.4 Å². The molecule has 0 bridgehead atoms. The third-order valence-electron chi connectivity index (χ3n) is 6.88. The summed E-state index contributed by atoms with van der Waals surface area (Å²) >= 11 is -2.61. The zero-order valence-electron chi connectivity index (χ0n) is 15.1. The van der Waals surface area contributed by atoms with Crippen LogP contribution in [-0.4, -0.2) is 7.63 Å². The fourth-order valence-electron chi connectivity index (χ4n) is 5.62. The van der Waals surface area contributed by atoms with Gasteiger partial charge in [-0.1, -0.05) is 0 Å². The second kappa shape index (κ2) is 7.24. The molecule has 0 aromatic carbocycles. The Balaban J connectivity index is 0.00000104. The third kappa shape index (κ3) is 3.25. The van der Waals surface area contributed by atoms with E-state index in [2.05, 4.69) is 42.4 Å². The van der Waals surface area contributed by atoms with Crippen LogP contribution in [0.5, 0.6) is 0 Å². The third-order valence-corrected chi connectivity index (χ3v) is 18.6. The van der Waals surface area contributed by atoms with Gasteiger partial charge in [-0.05, 0) is 0 Å². The van der Waals surface area contributed by atoms with E-state index in [0.717, 1.165) is 8.45 Å². The standard InChI is InChI=1S/2C9H11.2CH3.2ClH.H2Si.Ti/c2*1-2-5-9-7-3-6-8(9)4-1;;;;;;/h2*3,6-7H,1-2,4-5H2;2*1H3;2*1H;1H2;. The monoisotopic (exact) mass is 418 g/mol. The average Bonchev–Trinajstić information content (AvgIpc) is 3.12. The molecule has 134 valence electrons. The quantitative estimate of drug-likeness (QED) is 0.441. The number of allylic oxidation sites excluding steroid dienone is 8. The van der Waals surface area contributed by atoms with Crippen LogP contribution >= 0.6 is 24.8 Å². The Morgan fingerprint density at radius 3 is 1.54 bits per heavy atom. The van der Waals surface area contributed by atoms with Crippen LogP contribution in [0.4, 0.5) is 0 Å². The first-order valence-electron chi connectivity index (χ1n) is 9.33. The molecular weight excluding hydrogens is 387 g/mol. The van der Waals surface area contributed by atoms with Crippen LogP contribution < -0.4 is 0 Å². The van der Waals surface area contributed by atoms with Crippen molar-refractivity contribution in [2.75, 3.05) is 0 Å². The molecule has 4 aliphatic carbocycles. The minimum atomic E-state index is -2.61. The molecule has 0 nitrogen and oxygen atoms in total. The van der Waals surface area contributed by atoms with Gasteiger partial charge in [0.2, 0.25) is 0 Å². The fourth-order valence-corrected chi connectivity index (χ4v) is 16.3. The van der Waals surface area contributed by atoms with Gasteiger partial charge in [0.15, 0.2) is 0 Å². The summed E-state index contributed by atoms with van der Waals surface area (Å²) < 4.78 is 1.66.